The van der Waals surface area contributed by atoms with E-state index in [1.165, 1.54) is 20.9 Å². The molecule has 2 aromatic rings. The first-order valence-electron chi connectivity index (χ1n) is 8.88. The van der Waals surface area contributed by atoms with E-state index in [-0.39, 0.29) is 14.8 Å². The van der Waals surface area contributed by atoms with Crippen molar-refractivity contribution in [3.8, 4) is 5.75 Å². The van der Waals surface area contributed by atoms with Crippen molar-refractivity contribution in [1.82, 2.24) is 0 Å². The predicted octanol–water partition coefficient (Wildman–Crippen LogP) is 3.62. The van der Waals surface area contributed by atoms with Gasteiger partial charge in [0.25, 0.3) is 5.91 Å². The third kappa shape index (κ3) is 7.91. The highest BCUT2D eigenvalue weighted by Crippen LogP contribution is 2.34. The first-order valence-corrected chi connectivity index (χ1v) is 10.8. The number of benzene rings is 1. The maximum absolute atomic E-state index is 14.2. The molecule has 0 aliphatic carbocycles. The Balaban J connectivity index is 0.00000265. The molecule has 1 aromatic carbocycles. The third-order valence-electron chi connectivity index (χ3n) is 3.56. The number of esters is 1. The van der Waals surface area contributed by atoms with Crippen LogP contribution >= 0.6 is 11.3 Å². The van der Waals surface area contributed by atoms with Crippen molar-refractivity contribution in [3.63, 3.8) is 0 Å². The summed E-state index contributed by atoms with van der Waals surface area (Å²) in [6.45, 7) is 3.74. The number of nitrogens with two attached hydrogens (primary N) is 1. The monoisotopic (exact) mass is 512 g/mol. The van der Waals surface area contributed by atoms with Gasteiger partial charge in [-0.15, -0.1) is 24.5 Å². The van der Waals surface area contributed by atoms with Crippen LogP contribution in [-0.2, 0) is 25.1 Å². The third-order valence-corrected chi connectivity index (χ3v) is 6.34. The first-order chi connectivity index (χ1) is 15.2. The fourth-order valence-electron chi connectivity index (χ4n) is 2.25. The number of halogens is 4. The Bertz CT molecular complexity index is 1050. The number of alkyl halides is 3. The Morgan fingerprint density at radius 2 is 1.79 bits per heavy atom. The van der Waals surface area contributed by atoms with Crippen molar-refractivity contribution < 1.29 is 45.6 Å². The molecule has 0 radical (unpaired) electrons. The zero-order valence-corrected chi connectivity index (χ0v) is 19.4. The molecule has 0 bridgehead atoms. The lowest BCUT2D eigenvalue weighted by Gasteiger charge is -2.22. The minimum Gasteiger partial charge on any atom is -0.450 e. The van der Waals surface area contributed by atoms with Gasteiger partial charge in [0.1, 0.15) is 16.6 Å². The normalized spacial score (nSPS) is 12.2. The lowest BCUT2D eigenvalue weighted by atomic mass is 10.1. The molecule has 2 rings (SSSR count). The Labute approximate surface area is 192 Å². The van der Waals surface area contributed by atoms with E-state index in [1.807, 2.05) is 0 Å². The summed E-state index contributed by atoms with van der Waals surface area (Å²) in [5.41, 5.74) is 2.85. The molecule has 0 aliphatic rings. The molecule has 1 aromatic heterocycles. The minimum atomic E-state index is -5.02. The second kappa shape index (κ2) is 11.3. The number of hydrogen-bond donors (Lipinski definition) is 2. The number of anilines is 1. The highest BCUT2D eigenvalue weighted by Gasteiger charge is 2.33. The number of carbonyl (C=O) groups excluding carboxylic acids is 3. The Kier molecular flexibility index (Phi) is 9.69. The highest BCUT2D eigenvalue weighted by atomic mass is 32.2. The number of carbonyl (C=O) groups is 3. The lowest BCUT2D eigenvalue weighted by molar-refractivity contribution is -0.274. The van der Waals surface area contributed by atoms with E-state index < -0.39 is 51.1 Å². The molecule has 1 amide bonds. The standard InChI is InChI=1S/C18H15F4NO6S2.CH5N/c1-9(25)28-17(2,3)16(26)23-15-10(8-24)6-14(30-15)31(27)13-5-4-11(7-12(13)19)29-18(20,21)22;1-2/h4-8H,1-3H3,(H,23,26);2H2,1H3. The summed E-state index contributed by atoms with van der Waals surface area (Å²) in [6.07, 6.45) is -4.66. The molecule has 33 heavy (non-hydrogen) atoms. The number of hydrogen-bond acceptors (Lipinski definition) is 8. The zero-order valence-electron chi connectivity index (χ0n) is 17.7. The van der Waals surface area contributed by atoms with Crippen LogP contribution in [0.3, 0.4) is 0 Å². The van der Waals surface area contributed by atoms with E-state index in [1.54, 1.807) is 0 Å². The average Bonchev–Trinajstić information content (AvgIpc) is 3.10. The molecular weight excluding hydrogens is 492 g/mol. The molecule has 0 saturated heterocycles. The van der Waals surface area contributed by atoms with Crippen molar-refractivity contribution in [3.05, 3.63) is 35.6 Å². The van der Waals surface area contributed by atoms with Crippen LogP contribution in [0.2, 0.25) is 0 Å². The average molecular weight is 513 g/mol. The van der Waals surface area contributed by atoms with Crippen LogP contribution in [0.15, 0.2) is 33.4 Å². The van der Waals surface area contributed by atoms with Gasteiger partial charge in [-0.2, -0.15) is 0 Å². The summed E-state index contributed by atoms with van der Waals surface area (Å²) >= 11 is 0.692. The summed E-state index contributed by atoms with van der Waals surface area (Å²) < 4.78 is 72.1. The van der Waals surface area contributed by atoms with E-state index in [2.05, 4.69) is 15.8 Å². The molecule has 0 aliphatic heterocycles. The topological polar surface area (TPSA) is 125 Å². The second-order valence-corrected chi connectivity index (χ2v) is 9.16. The van der Waals surface area contributed by atoms with Crippen LogP contribution in [0, 0.1) is 5.82 Å². The van der Waals surface area contributed by atoms with Crippen LogP contribution in [0.4, 0.5) is 22.6 Å². The number of aldehydes is 1. The number of thiophene rings is 1. The molecule has 1 heterocycles. The van der Waals surface area contributed by atoms with Crippen LogP contribution in [0.5, 0.6) is 5.75 Å². The fourth-order valence-corrected chi connectivity index (χ4v) is 4.71. The largest absolute Gasteiger partial charge is 0.573 e. The Morgan fingerprint density at radius 3 is 2.27 bits per heavy atom. The Hall–Kier alpha value is -2.84. The molecule has 0 fully saturated rings. The molecule has 1 unspecified atom stereocenters. The summed E-state index contributed by atoms with van der Waals surface area (Å²) in [6, 6.07) is 3.22. The van der Waals surface area contributed by atoms with Gasteiger partial charge in [-0.3, -0.25) is 14.4 Å². The van der Waals surface area contributed by atoms with Gasteiger partial charge in [0, 0.05) is 13.0 Å². The quantitative estimate of drug-likeness (QED) is 0.330. The fraction of sp³-hybridized carbons (Fsp3) is 0.316. The molecule has 0 spiro atoms. The van der Waals surface area contributed by atoms with Gasteiger partial charge in [-0.05, 0) is 39.1 Å². The van der Waals surface area contributed by atoms with Crippen molar-refractivity contribution in [2.75, 3.05) is 12.4 Å². The predicted molar refractivity (Wildman–Crippen MR) is 112 cm³/mol. The SMILES string of the molecule is CC(=O)OC(C)(C)C(=O)Nc1sc(S(=O)c2ccc(OC(F)(F)F)cc2F)cc1C=O.CN. The van der Waals surface area contributed by atoms with Gasteiger partial charge >= 0.3 is 12.3 Å². The zero-order chi connectivity index (χ0) is 25.6. The second-order valence-electron chi connectivity index (χ2n) is 6.43. The summed E-state index contributed by atoms with van der Waals surface area (Å²) in [7, 11) is -0.715. The molecule has 182 valence electrons. The summed E-state index contributed by atoms with van der Waals surface area (Å²) in [5.74, 6) is -3.53. The molecular formula is C19H20F4N2O6S2. The minimum absolute atomic E-state index is 0.0268. The van der Waals surface area contributed by atoms with Gasteiger partial charge in [-0.25, -0.2) is 8.60 Å². The molecule has 14 heteroatoms. The molecule has 0 saturated carbocycles. The van der Waals surface area contributed by atoms with Crippen LogP contribution in [0.25, 0.3) is 0 Å². The number of amides is 1. The number of ether oxygens (including phenoxy) is 2. The van der Waals surface area contributed by atoms with E-state index in [9.17, 15) is 36.2 Å². The van der Waals surface area contributed by atoms with Gasteiger partial charge in [0.2, 0.25) is 0 Å². The van der Waals surface area contributed by atoms with Gasteiger partial charge in [0.15, 0.2) is 11.9 Å². The van der Waals surface area contributed by atoms with Crippen molar-refractivity contribution >= 4 is 45.3 Å². The van der Waals surface area contributed by atoms with Gasteiger partial charge in [-0.1, -0.05) is 0 Å². The van der Waals surface area contributed by atoms with E-state index in [0.717, 1.165) is 25.1 Å². The highest BCUT2D eigenvalue weighted by molar-refractivity contribution is 7.87. The van der Waals surface area contributed by atoms with Gasteiger partial charge < -0.3 is 20.5 Å². The number of nitrogens with one attached hydrogen (secondary N) is 1. The van der Waals surface area contributed by atoms with Crippen LogP contribution < -0.4 is 15.8 Å². The molecule has 8 nitrogen and oxygen atoms in total. The van der Waals surface area contributed by atoms with Gasteiger partial charge in [0.05, 0.1) is 25.5 Å². The Morgan fingerprint density at radius 1 is 1.18 bits per heavy atom. The van der Waals surface area contributed by atoms with Crippen molar-refractivity contribution in [2.45, 2.75) is 41.8 Å². The van der Waals surface area contributed by atoms with Crippen molar-refractivity contribution in [2.24, 2.45) is 5.73 Å². The van der Waals surface area contributed by atoms with Crippen LogP contribution in [0.1, 0.15) is 31.1 Å². The van der Waals surface area contributed by atoms with E-state index >= 15 is 0 Å². The van der Waals surface area contributed by atoms with Crippen LogP contribution in [-0.4, -0.2) is 41.4 Å². The first kappa shape index (κ1) is 28.2. The molecule has 3 N–H and O–H groups in total. The summed E-state index contributed by atoms with van der Waals surface area (Å²) in [5, 5.41) is 2.35. The van der Waals surface area contributed by atoms with E-state index in [4.69, 9.17) is 4.74 Å². The van der Waals surface area contributed by atoms with Crippen molar-refractivity contribution in [1.29, 1.82) is 0 Å². The smallest absolute Gasteiger partial charge is 0.450 e. The lowest BCUT2D eigenvalue weighted by Crippen LogP contribution is -2.41. The molecule has 1 atom stereocenters. The maximum atomic E-state index is 14.2. The number of rotatable bonds is 7. The van der Waals surface area contributed by atoms with E-state index in [0.29, 0.717) is 23.7 Å². The maximum Gasteiger partial charge on any atom is 0.573 e. The summed E-state index contributed by atoms with van der Waals surface area (Å²) in [4.78, 5) is 34.3.